The zero-order valence-electron chi connectivity index (χ0n) is 19.5. The van der Waals surface area contributed by atoms with Crippen LogP contribution in [-0.2, 0) is 0 Å². The van der Waals surface area contributed by atoms with Crippen LogP contribution in [0.5, 0.6) is 11.5 Å². The molecule has 4 N–H and O–H groups in total. The Kier molecular flexibility index (Phi) is 7.92. The van der Waals surface area contributed by atoms with Gasteiger partial charge in [-0.25, -0.2) is 0 Å². The number of anilines is 4. The van der Waals surface area contributed by atoms with Crippen molar-refractivity contribution in [1.82, 2.24) is 0 Å². The zero-order valence-corrected chi connectivity index (χ0v) is 21.1. The number of hydrogen-bond donors (Lipinski definition) is 4. The van der Waals surface area contributed by atoms with Crippen molar-refractivity contribution in [2.75, 3.05) is 21.3 Å². The van der Waals surface area contributed by atoms with Crippen molar-refractivity contribution in [1.29, 1.82) is 0 Å². The van der Waals surface area contributed by atoms with Crippen molar-refractivity contribution >= 4 is 57.4 Å². The first-order valence-corrected chi connectivity index (χ1v) is 11.9. The van der Waals surface area contributed by atoms with Gasteiger partial charge in [-0.15, -0.1) is 0 Å². The number of para-hydroxylation sites is 2. The molecule has 4 rings (SSSR count). The molecule has 0 radical (unpaired) electrons. The summed E-state index contributed by atoms with van der Waals surface area (Å²) in [6, 6.07) is 31.3. The van der Waals surface area contributed by atoms with Crippen molar-refractivity contribution in [3.63, 3.8) is 0 Å². The van der Waals surface area contributed by atoms with Crippen molar-refractivity contribution < 1.29 is 4.74 Å². The molecule has 0 atom stereocenters. The lowest BCUT2D eigenvalue weighted by atomic mass is 10.2. The quantitative estimate of drug-likeness (QED) is 0.203. The predicted molar refractivity (Wildman–Crippen MR) is 155 cm³/mol. The van der Waals surface area contributed by atoms with Gasteiger partial charge in [0.2, 0.25) is 0 Å². The Hall–Kier alpha value is -3.94. The Morgan fingerprint density at radius 1 is 0.514 bits per heavy atom. The van der Waals surface area contributed by atoms with E-state index in [-0.39, 0.29) is 0 Å². The van der Waals surface area contributed by atoms with E-state index in [0.717, 1.165) is 45.4 Å². The van der Waals surface area contributed by atoms with Gasteiger partial charge in [0.15, 0.2) is 10.2 Å². The molecule has 4 aromatic rings. The molecule has 0 heterocycles. The largest absolute Gasteiger partial charge is 0.457 e. The summed E-state index contributed by atoms with van der Waals surface area (Å²) < 4.78 is 5.97. The highest BCUT2D eigenvalue weighted by molar-refractivity contribution is 7.81. The van der Waals surface area contributed by atoms with Crippen molar-refractivity contribution in [3.8, 4) is 11.5 Å². The van der Waals surface area contributed by atoms with E-state index in [0.29, 0.717) is 10.2 Å². The summed E-state index contributed by atoms with van der Waals surface area (Å²) in [5.74, 6) is 1.46. The Labute approximate surface area is 216 Å². The number of thiocarbonyl (C=S) groups is 2. The fraction of sp³-hybridized carbons (Fsp3) is 0.0714. The summed E-state index contributed by atoms with van der Waals surface area (Å²) in [7, 11) is 0. The number of rotatable bonds is 6. The van der Waals surface area contributed by atoms with Crippen LogP contribution in [0.2, 0.25) is 0 Å². The minimum atomic E-state index is 0.533. The Balaban J connectivity index is 1.28. The molecule has 0 fully saturated rings. The predicted octanol–water partition coefficient (Wildman–Crippen LogP) is 7.71. The maximum absolute atomic E-state index is 5.97. The van der Waals surface area contributed by atoms with E-state index in [9.17, 15) is 0 Å². The molecule has 176 valence electrons. The number of aryl methyl sites for hydroxylation is 2. The number of nitrogens with one attached hydrogen (secondary N) is 4. The maximum Gasteiger partial charge on any atom is 0.175 e. The summed E-state index contributed by atoms with van der Waals surface area (Å²) in [6.07, 6.45) is 0. The molecule has 0 saturated carbocycles. The van der Waals surface area contributed by atoms with Crippen LogP contribution in [-0.4, -0.2) is 10.2 Å². The Morgan fingerprint density at radius 3 is 1.26 bits per heavy atom. The molecule has 35 heavy (non-hydrogen) atoms. The second-order valence-corrected chi connectivity index (χ2v) is 8.76. The first-order chi connectivity index (χ1) is 17.0. The van der Waals surface area contributed by atoms with Gasteiger partial charge in [-0.3, -0.25) is 0 Å². The van der Waals surface area contributed by atoms with Crippen molar-refractivity contribution in [2.24, 2.45) is 0 Å². The normalized spacial score (nSPS) is 10.2. The first-order valence-electron chi connectivity index (χ1n) is 11.1. The third-order valence-electron chi connectivity index (χ3n) is 5.25. The van der Waals surface area contributed by atoms with E-state index in [1.165, 1.54) is 0 Å². The van der Waals surface area contributed by atoms with Gasteiger partial charge < -0.3 is 26.0 Å². The van der Waals surface area contributed by atoms with E-state index < -0.39 is 0 Å². The molecule has 5 nitrogen and oxygen atoms in total. The van der Waals surface area contributed by atoms with Crippen molar-refractivity contribution in [3.05, 3.63) is 108 Å². The maximum atomic E-state index is 5.97. The molecule has 0 amide bonds. The van der Waals surface area contributed by atoms with Gasteiger partial charge in [0.1, 0.15) is 11.5 Å². The Morgan fingerprint density at radius 2 is 0.886 bits per heavy atom. The van der Waals surface area contributed by atoms with Crippen LogP contribution in [0.15, 0.2) is 97.1 Å². The van der Waals surface area contributed by atoms with E-state index in [4.69, 9.17) is 29.2 Å². The average Bonchev–Trinajstić information content (AvgIpc) is 2.84. The van der Waals surface area contributed by atoms with E-state index in [2.05, 4.69) is 21.3 Å². The number of benzene rings is 4. The van der Waals surface area contributed by atoms with Crippen LogP contribution in [0.1, 0.15) is 11.1 Å². The van der Waals surface area contributed by atoms with Crippen LogP contribution >= 0.6 is 24.4 Å². The molecular formula is C28H26N4OS2. The topological polar surface area (TPSA) is 57.4 Å². The molecular weight excluding hydrogens is 472 g/mol. The zero-order chi connectivity index (χ0) is 24.6. The summed E-state index contributed by atoms with van der Waals surface area (Å²) in [5, 5.41) is 13.9. The lowest BCUT2D eigenvalue weighted by molar-refractivity contribution is 0.483. The highest BCUT2D eigenvalue weighted by atomic mass is 32.1. The van der Waals surface area contributed by atoms with Gasteiger partial charge in [0, 0.05) is 22.7 Å². The minimum absolute atomic E-state index is 0.533. The molecule has 0 aromatic heterocycles. The molecule has 7 heteroatoms. The summed E-state index contributed by atoms with van der Waals surface area (Å²) in [4.78, 5) is 0. The van der Waals surface area contributed by atoms with E-state index in [1.54, 1.807) is 0 Å². The molecule has 4 aromatic carbocycles. The van der Waals surface area contributed by atoms with Crippen LogP contribution in [0.25, 0.3) is 0 Å². The van der Waals surface area contributed by atoms with Crippen LogP contribution in [0, 0.1) is 13.8 Å². The molecule has 0 aliphatic heterocycles. The van der Waals surface area contributed by atoms with Gasteiger partial charge in [0.25, 0.3) is 0 Å². The van der Waals surface area contributed by atoms with Crippen LogP contribution < -0.4 is 26.0 Å². The fourth-order valence-electron chi connectivity index (χ4n) is 3.34. The highest BCUT2D eigenvalue weighted by Gasteiger charge is 2.04. The van der Waals surface area contributed by atoms with Crippen LogP contribution in [0.3, 0.4) is 0 Å². The monoisotopic (exact) mass is 498 g/mol. The second-order valence-electron chi connectivity index (χ2n) is 7.94. The lowest BCUT2D eigenvalue weighted by Crippen LogP contribution is -2.19. The van der Waals surface area contributed by atoms with Gasteiger partial charge in [-0.05, 0) is 110 Å². The summed E-state index contributed by atoms with van der Waals surface area (Å²) >= 11 is 10.9. The van der Waals surface area contributed by atoms with Gasteiger partial charge >= 0.3 is 0 Å². The molecule has 0 spiro atoms. The molecule has 0 bridgehead atoms. The minimum Gasteiger partial charge on any atom is -0.457 e. The van der Waals surface area contributed by atoms with Gasteiger partial charge in [-0.1, -0.05) is 36.4 Å². The summed E-state index contributed by atoms with van der Waals surface area (Å²) in [6.45, 7) is 4.08. The fourth-order valence-corrected chi connectivity index (χ4v) is 3.80. The third-order valence-corrected chi connectivity index (χ3v) is 5.65. The molecule has 0 unspecified atom stereocenters. The van der Waals surface area contributed by atoms with Crippen LogP contribution in [0.4, 0.5) is 22.7 Å². The number of ether oxygens (including phenoxy) is 1. The van der Waals surface area contributed by atoms with Gasteiger partial charge in [0.05, 0.1) is 0 Å². The SMILES string of the molecule is Cc1ccccc1NC(=S)Nc1ccc(Oc2ccc(NC(=S)Nc3ccccc3C)cc2)cc1. The first kappa shape index (κ1) is 24.2. The number of hydrogen-bond acceptors (Lipinski definition) is 3. The second kappa shape index (κ2) is 11.5. The van der Waals surface area contributed by atoms with E-state index in [1.807, 2.05) is 111 Å². The molecule has 0 aliphatic carbocycles. The third kappa shape index (κ3) is 7.02. The highest BCUT2D eigenvalue weighted by Crippen LogP contribution is 2.25. The van der Waals surface area contributed by atoms with Gasteiger partial charge in [-0.2, -0.15) is 0 Å². The van der Waals surface area contributed by atoms with E-state index >= 15 is 0 Å². The Bertz CT molecular complexity index is 1220. The molecule has 0 saturated heterocycles. The van der Waals surface area contributed by atoms with Crippen molar-refractivity contribution in [2.45, 2.75) is 13.8 Å². The summed E-state index contributed by atoms with van der Waals surface area (Å²) in [5.41, 5.74) is 5.97. The average molecular weight is 499 g/mol. The smallest absolute Gasteiger partial charge is 0.175 e. The lowest BCUT2D eigenvalue weighted by Gasteiger charge is -2.13. The molecule has 0 aliphatic rings. The standard InChI is InChI=1S/C28H26N4OS2/c1-19-7-3-5-9-25(19)31-27(34)29-21-11-15-23(16-12-21)33-24-17-13-22(14-18-24)30-28(35)32-26-10-6-4-8-20(26)2/h3-18H,1-2H3,(H2,29,31,34)(H2,30,32,35).